The van der Waals surface area contributed by atoms with E-state index in [-0.39, 0.29) is 16.7 Å². The normalized spacial score (nSPS) is 12.2. The van der Waals surface area contributed by atoms with Crippen LogP contribution in [0.25, 0.3) is 0 Å². The summed E-state index contributed by atoms with van der Waals surface area (Å²) >= 11 is 0. The molecule has 0 N–H and O–H groups in total. The van der Waals surface area contributed by atoms with Crippen LogP contribution in [0.4, 0.5) is 13.2 Å². The average molecular weight is 340 g/mol. The van der Waals surface area contributed by atoms with Gasteiger partial charge in [0.2, 0.25) is 0 Å². The number of benzene rings is 3. The Morgan fingerprint density at radius 2 is 0.880 bits per heavy atom. The predicted molar refractivity (Wildman–Crippen MR) is 94.7 cm³/mol. The van der Waals surface area contributed by atoms with Gasteiger partial charge in [0.05, 0.1) is 0 Å². The number of halogens is 3. The van der Waals surface area contributed by atoms with Crippen LogP contribution in [0.1, 0.15) is 27.8 Å². The van der Waals surface area contributed by atoms with Crippen molar-refractivity contribution in [1.82, 2.24) is 0 Å². The zero-order valence-electron chi connectivity index (χ0n) is 14.1. The highest BCUT2D eigenvalue weighted by atomic mass is 19.4. The summed E-state index contributed by atoms with van der Waals surface area (Å²) in [6.07, 6.45) is -4.49. The van der Waals surface area contributed by atoms with Crippen LogP contribution in [-0.4, -0.2) is 6.18 Å². The lowest BCUT2D eigenvalue weighted by molar-refractivity contribution is -0.166. The van der Waals surface area contributed by atoms with Gasteiger partial charge in [0.1, 0.15) is 5.41 Å². The fourth-order valence-corrected chi connectivity index (χ4v) is 3.29. The molecule has 0 amide bonds. The fraction of sp³-hybridized carbons (Fsp3) is 0.182. The van der Waals surface area contributed by atoms with Crippen molar-refractivity contribution in [3.8, 4) is 0 Å². The van der Waals surface area contributed by atoms with E-state index >= 15 is 0 Å². The van der Waals surface area contributed by atoms with Gasteiger partial charge in [0.15, 0.2) is 0 Å². The molecule has 0 saturated heterocycles. The van der Waals surface area contributed by atoms with Gasteiger partial charge in [-0.25, -0.2) is 0 Å². The Balaban J connectivity index is 2.40. The summed E-state index contributed by atoms with van der Waals surface area (Å²) in [4.78, 5) is 0. The van der Waals surface area contributed by atoms with Crippen LogP contribution in [-0.2, 0) is 5.41 Å². The van der Waals surface area contributed by atoms with Gasteiger partial charge in [-0.05, 0) is 30.5 Å². The maximum Gasteiger partial charge on any atom is 0.406 e. The minimum atomic E-state index is -4.49. The van der Waals surface area contributed by atoms with E-state index in [4.69, 9.17) is 0 Å². The summed E-state index contributed by atoms with van der Waals surface area (Å²) in [5, 5.41) is 0. The quantitative estimate of drug-likeness (QED) is 0.498. The van der Waals surface area contributed by atoms with Crippen LogP contribution >= 0.6 is 0 Å². The third-order valence-corrected chi connectivity index (χ3v) is 4.60. The van der Waals surface area contributed by atoms with E-state index in [1.54, 1.807) is 78.9 Å². The standard InChI is InChI=1S/C22H19F3/c1-16-8-12-19(13-9-16)21(22(23,24)25,18-6-4-3-5-7-18)20-14-10-17(2)11-15-20/h3-15H,1-2H3. The minimum absolute atomic E-state index is 0.218. The lowest BCUT2D eigenvalue weighted by Gasteiger charge is -2.37. The summed E-state index contributed by atoms with van der Waals surface area (Å²) in [6.45, 7) is 3.74. The molecule has 3 rings (SSSR count). The molecule has 25 heavy (non-hydrogen) atoms. The Kier molecular flexibility index (Phi) is 4.42. The van der Waals surface area contributed by atoms with Crippen molar-refractivity contribution in [3.05, 3.63) is 107 Å². The van der Waals surface area contributed by atoms with E-state index in [2.05, 4.69) is 0 Å². The van der Waals surface area contributed by atoms with E-state index < -0.39 is 11.6 Å². The molecule has 0 fully saturated rings. The summed E-state index contributed by atoms with van der Waals surface area (Å²) < 4.78 is 43.9. The Labute approximate surface area is 146 Å². The molecule has 0 aromatic heterocycles. The first-order valence-electron chi connectivity index (χ1n) is 8.12. The molecule has 0 radical (unpaired) electrons. The Bertz CT molecular complexity index is 784. The highest BCUT2D eigenvalue weighted by molar-refractivity contribution is 5.53. The number of hydrogen-bond acceptors (Lipinski definition) is 0. The molecule has 0 aliphatic carbocycles. The molecule has 128 valence electrons. The second kappa shape index (κ2) is 6.40. The second-order valence-electron chi connectivity index (χ2n) is 6.35. The van der Waals surface area contributed by atoms with Gasteiger partial charge < -0.3 is 0 Å². The van der Waals surface area contributed by atoms with Gasteiger partial charge in [-0.15, -0.1) is 0 Å². The van der Waals surface area contributed by atoms with Crippen LogP contribution in [0.3, 0.4) is 0 Å². The van der Waals surface area contributed by atoms with Crippen molar-refractivity contribution in [1.29, 1.82) is 0 Å². The molecule has 0 aliphatic heterocycles. The van der Waals surface area contributed by atoms with Crippen molar-refractivity contribution >= 4 is 0 Å². The SMILES string of the molecule is Cc1ccc(C(c2ccccc2)(c2ccc(C)cc2)C(F)(F)F)cc1. The molecule has 0 saturated carbocycles. The molecule has 0 heterocycles. The summed E-state index contributed by atoms with van der Waals surface area (Å²) in [6, 6.07) is 21.4. The largest absolute Gasteiger partial charge is 0.406 e. The molecule has 0 nitrogen and oxygen atoms in total. The summed E-state index contributed by atoms with van der Waals surface area (Å²) in [5.41, 5.74) is 0.320. The molecular formula is C22H19F3. The Hall–Kier alpha value is -2.55. The van der Waals surface area contributed by atoms with E-state index in [9.17, 15) is 13.2 Å². The van der Waals surface area contributed by atoms with Crippen LogP contribution in [0, 0.1) is 13.8 Å². The van der Waals surface area contributed by atoms with Crippen LogP contribution in [0.2, 0.25) is 0 Å². The first-order valence-corrected chi connectivity index (χ1v) is 8.12. The van der Waals surface area contributed by atoms with Crippen molar-refractivity contribution in [2.24, 2.45) is 0 Å². The zero-order valence-corrected chi connectivity index (χ0v) is 14.1. The first kappa shape index (κ1) is 17.3. The van der Waals surface area contributed by atoms with E-state index in [0.29, 0.717) is 0 Å². The highest BCUT2D eigenvalue weighted by Crippen LogP contribution is 2.51. The van der Waals surface area contributed by atoms with Crippen molar-refractivity contribution < 1.29 is 13.2 Å². The van der Waals surface area contributed by atoms with Crippen molar-refractivity contribution in [2.75, 3.05) is 0 Å². The van der Waals surface area contributed by atoms with Crippen LogP contribution < -0.4 is 0 Å². The lowest BCUT2D eigenvalue weighted by Crippen LogP contribution is -2.44. The Morgan fingerprint density at radius 1 is 0.520 bits per heavy atom. The number of rotatable bonds is 3. The number of aryl methyl sites for hydroxylation is 2. The second-order valence-corrected chi connectivity index (χ2v) is 6.35. The van der Waals surface area contributed by atoms with Gasteiger partial charge in [0, 0.05) is 0 Å². The fourth-order valence-electron chi connectivity index (χ4n) is 3.29. The lowest BCUT2D eigenvalue weighted by atomic mass is 9.68. The maximum atomic E-state index is 14.6. The van der Waals surface area contributed by atoms with Crippen molar-refractivity contribution in [2.45, 2.75) is 25.4 Å². The third kappa shape index (κ3) is 2.95. The van der Waals surface area contributed by atoms with E-state index in [1.807, 2.05) is 13.8 Å². The molecule has 0 bridgehead atoms. The highest BCUT2D eigenvalue weighted by Gasteiger charge is 2.58. The smallest absolute Gasteiger partial charge is 0.169 e. The molecule has 0 aliphatic rings. The van der Waals surface area contributed by atoms with Crippen LogP contribution in [0.15, 0.2) is 78.9 Å². The van der Waals surface area contributed by atoms with E-state index in [1.165, 1.54) is 0 Å². The summed E-state index contributed by atoms with van der Waals surface area (Å²) in [7, 11) is 0. The zero-order chi connectivity index (χ0) is 18.1. The summed E-state index contributed by atoms with van der Waals surface area (Å²) in [5.74, 6) is 0. The number of hydrogen-bond donors (Lipinski definition) is 0. The topological polar surface area (TPSA) is 0 Å². The molecular weight excluding hydrogens is 321 g/mol. The monoisotopic (exact) mass is 340 g/mol. The van der Waals surface area contributed by atoms with Gasteiger partial charge in [-0.3, -0.25) is 0 Å². The van der Waals surface area contributed by atoms with Crippen LogP contribution in [0.5, 0.6) is 0 Å². The third-order valence-electron chi connectivity index (χ3n) is 4.60. The molecule has 0 unspecified atom stereocenters. The van der Waals surface area contributed by atoms with Crippen molar-refractivity contribution in [3.63, 3.8) is 0 Å². The first-order chi connectivity index (χ1) is 11.9. The molecule has 3 aromatic carbocycles. The number of alkyl halides is 3. The maximum absolute atomic E-state index is 14.6. The molecule has 0 spiro atoms. The van der Waals surface area contributed by atoms with Gasteiger partial charge >= 0.3 is 6.18 Å². The predicted octanol–water partition coefficient (Wildman–Crippen LogP) is 6.20. The van der Waals surface area contributed by atoms with Gasteiger partial charge in [-0.1, -0.05) is 90.0 Å². The molecule has 3 aromatic rings. The average Bonchev–Trinajstić information content (AvgIpc) is 2.58. The molecule has 0 atom stereocenters. The van der Waals surface area contributed by atoms with Gasteiger partial charge in [-0.2, -0.15) is 13.2 Å². The molecule has 3 heteroatoms. The van der Waals surface area contributed by atoms with Gasteiger partial charge in [0.25, 0.3) is 0 Å². The van der Waals surface area contributed by atoms with E-state index in [0.717, 1.165) is 11.1 Å². The minimum Gasteiger partial charge on any atom is -0.169 e. The Morgan fingerprint density at radius 3 is 1.24 bits per heavy atom.